The summed E-state index contributed by atoms with van der Waals surface area (Å²) in [5.74, 6) is -0.0856. The molecule has 124 valence electrons. The molecule has 24 heavy (non-hydrogen) atoms. The van der Waals surface area contributed by atoms with E-state index in [0.29, 0.717) is 25.3 Å². The summed E-state index contributed by atoms with van der Waals surface area (Å²) in [6.45, 7) is 2.75. The van der Waals surface area contributed by atoms with Crippen molar-refractivity contribution in [1.29, 1.82) is 0 Å². The number of piperidine rings is 1. The Balaban J connectivity index is 1.44. The number of hydrogen-bond donors (Lipinski definition) is 1. The molecular weight excluding hydrogens is 306 g/mol. The van der Waals surface area contributed by atoms with Gasteiger partial charge < -0.3 is 15.1 Å². The molecule has 4 rings (SSSR count). The van der Waals surface area contributed by atoms with Crippen LogP contribution in [-0.4, -0.2) is 63.9 Å². The van der Waals surface area contributed by atoms with Crippen molar-refractivity contribution in [1.82, 2.24) is 25.1 Å². The van der Waals surface area contributed by atoms with Gasteiger partial charge in [0.1, 0.15) is 5.69 Å². The van der Waals surface area contributed by atoms with Crippen LogP contribution in [0.2, 0.25) is 0 Å². The SMILES string of the molecule is O=C(c1cnc2ccccc2n1)N1CCC(N2CCNC2=O)CC1. The molecule has 2 aliphatic rings. The van der Waals surface area contributed by atoms with Gasteiger partial charge in [0, 0.05) is 32.2 Å². The van der Waals surface area contributed by atoms with Crippen LogP contribution in [-0.2, 0) is 0 Å². The predicted molar refractivity (Wildman–Crippen MR) is 88.6 cm³/mol. The second-order valence-corrected chi connectivity index (χ2v) is 6.19. The Hall–Kier alpha value is -2.70. The number of para-hydroxylation sites is 2. The number of urea groups is 1. The van der Waals surface area contributed by atoms with Gasteiger partial charge in [-0.1, -0.05) is 12.1 Å². The highest BCUT2D eigenvalue weighted by molar-refractivity contribution is 5.93. The first-order chi connectivity index (χ1) is 11.7. The smallest absolute Gasteiger partial charge is 0.317 e. The van der Waals surface area contributed by atoms with Gasteiger partial charge in [-0.25, -0.2) is 9.78 Å². The summed E-state index contributed by atoms with van der Waals surface area (Å²) in [4.78, 5) is 36.9. The molecule has 2 aliphatic heterocycles. The fraction of sp³-hybridized carbons (Fsp3) is 0.412. The number of hydrogen-bond acceptors (Lipinski definition) is 4. The Morgan fingerprint density at radius 2 is 1.88 bits per heavy atom. The lowest BCUT2D eigenvalue weighted by molar-refractivity contribution is 0.0660. The maximum Gasteiger partial charge on any atom is 0.317 e. The number of nitrogens with one attached hydrogen (secondary N) is 1. The highest BCUT2D eigenvalue weighted by Gasteiger charge is 2.32. The number of benzene rings is 1. The van der Waals surface area contributed by atoms with Gasteiger partial charge in [-0.3, -0.25) is 9.78 Å². The monoisotopic (exact) mass is 325 g/mol. The van der Waals surface area contributed by atoms with Crippen molar-refractivity contribution in [3.63, 3.8) is 0 Å². The average Bonchev–Trinajstić information content (AvgIpc) is 3.07. The lowest BCUT2D eigenvalue weighted by Crippen LogP contribution is -2.47. The van der Waals surface area contributed by atoms with Gasteiger partial charge >= 0.3 is 6.03 Å². The molecular formula is C17H19N5O2. The summed E-state index contributed by atoms with van der Waals surface area (Å²) in [6.07, 6.45) is 3.16. The second kappa shape index (κ2) is 6.07. The molecule has 0 radical (unpaired) electrons. The molecule has 7 heteroatoms. The number of nitrogens with zero attached hydrogens (tertiary/aromatic N) is 4. The van der Waals surface area contributed by atoms with Gasteiger partial charge in [0.2, 0.25) is 0 Å². The summed E-state index contributed by atoms with van der Waals surface area (Å²) in [6, 6.07) is 7.76. The lowest BCUT2D eigenvalue weighted by atomic mass is 10.0. The average molecular weight is 325 g/mol. The molecule has 2 saturated heterocycles. The first kappa shape index (κ1) is 14.9. The number of rotatable bonds is 2. The number of amides is 3. The molecule has 0 aliphatic carbocycles. The van der Waals surface area contributed by atoms with Gasteiger partial charge in [-0.05, 0) is 25.0 Å². The molecule has 2 fully saturated rings. The molecule has 3 heterocycles. The first-order valence-corrected chi connectivity index (χ1v) is 8.28. The fourth-order valence-corrected chi connectivity index (χ4v) is 3.44. The van der Waals surface area contributed by atoms with Crippen molar-refractivity contribution in [3.05, 3.63) is 36.2 Å². The van der Waals surface area contributed by atoms with Crippen LogP contribution < -0.4 is 5.32 Å². The van der Waals surface area contributed by atoms with Crippen LogP contribution in [0, 0.1) is 0 Å². The summed E-state index contributed by atoms with van der Waals surface area (Å²) >= 11 is 0. The molecule has 0 spiro atoms. The maximum atomic E-state index is 12.7. The number of likely N-dealkylation sites (tertiary alicyclic amines) is 1. The van der Waals surface area contributed by atoms with E-state index in [9.17, 15) is 9.59 Å². The summed E-state index contributed by atoms with van der Waals surface area (Å²) in [5.41, 5.74) is 1.89. The van der Waals surface area contributed by atoms with Crippen LogP contribution in [0.3, 0.4) is 0 Å². The third-order valence-corrected chi connectivity index (χ3v) is 4.75. The van der Waals surface area contributed by atoms with E-state index in [4.69, 9.17) is 0 Å². The summed E-state index contributed by atoms with van der Waals surface area (Å²) in [5, 5.41) is 2.83. The van der Waals surface area contributed by atoms with E-state index in [1.54, 1.807) is 6.20 Å². The Kier molecular flexibility index (Phi) is 3.76. The van der Waals surface area contributed by atoms with Crippen molar-refractivity contribution < 1.29 is 9.59 Å². The van der Waals surface area contributed by atoms with Crippen LogP contribution in [0.4, 0.5) is 4.79 Å². The molecule has 0 bridgehead atoms. The summed E-state index contributed by atoms with van der Waals surface area (Å²) < 4.78 is 0. The highest BCUT2D eigenvalue weighted by atomic mass is 16.2. The Bertz CT molecular complexity index is 785. The standard InChI is InChI=1S/C17H19N5O2/c23-16(15-11-19-13-3-1-2-4-14(13)20-15)21-8-5-12(6-9-21)22-10-7-18-17(22)24/h1-4,11-12H,5-10H2,(H,18,24). The zero-order chi connectivity index (χ0) is 16.5. The van der Waals surface area contributed by atoms with Gasteiger partial charge in [-0.2, -0.15) is 0 Å². The molecule has 1 N–H and O–H groups in total. The quantitative estimate of drug-likeness (QED) is 0.901. The van der Waals surface area contributed by atoms with Crippen LogP contribution in [0.15, 0.2) is 30.5 Å². The molecule has 0 atom stereocenters. The number of aromatic nitrogens is 2. The van der Waals surface area contributed by atoms with Crippen LogP contribution >= 0.6 is 0 Å². The number of carbonyl (C=O) groups excluding carboxylic acids is 2. The lowest BCUT2D eigenvalue weighted by Gasteiger charge is -2.35. The topological polar surface area (TPSA) is 78.4 Å². The van der Waals surface area contributed by atoms with E-state index in [0.717, 1.165) is 30.4 Å². The zero-order valence-corrected chi connectivity index (χ0v) is 13.3. The number of fused-ring (bicyclic) bond motifs is 1. The minimum absolute atomic E-state index is 0.0140. The van der Waals surface area contributed by atoms with E-state index in [2.05, 4.69) is 15.3 Å². The largest absolute Gasteiger partial charge is 0.337 e. The third kappa shape index (κ3) is 2.66. The van der Waals surface area contributed by atoms with Crippen molar-refractivity contribution in [2.24, 2.45) is 0 Å². The van der Waals surface area contributed by atoms with Gasteiger partial charge in [0.15, 0.2) is 0 Å². The van der Waals surface area contributed by atoms with Crippen LogP contribution in [0.25, 0.3) is 11.0 Å². The minimum Gasteiger partial charge on any atom is -0.337 e. The van der Waals surface area contributed by atoms with E-state index in [1.165, 1.54) is 0 Å². The van der Waals surface area contributed by atoms with E-state index in [1.807, 2.05) is 34.1 Å². The molecule has 1 aromatic heterocycles. The maximum absolute atomic E-state index is 12.7. The van der Waals surface area contributed by atoms with Gasteiger partial charge in [0.25, 0.3) is 5.91 Å². The van der Waals surface area contributed by atoms with Gasteiger partial charge in [0.05, 0.1) is 17.2 Å². The fourth-order valence-electron chi connectivity index (χ4n) is 3.44. The first-order valence-electron chi connectivity index (χ1n) is 8.28. The Morgan fingerprint density at radius 3 is 2.58 bits per heavy atom. The van der Waals surface area contributed by atoms with E-state index in [-0.39, 0.29) is 18.0 Å². The normalized spacial score (nSPS) is 18.9. The van der Waals surface area contributed by atoms with Crippen molar-refractivity contribution >= 4 is 23.0 Å². The molecule has 3 amide bonds. The number of carbonyl (C=O) groups is 2. The molecule has 0 unspecified atom stereocenters. The summed E-state index contributed by atoms with van der Waals surface area (Å²) in [7, 11) is 0. The predicted octanol–water partition coefficient (Wildman–Crippen LogP) is 1.26. The van der Waals surface area contributed by atoms with E-state index >= 15 is 0 Å². The molecule has 7 nitrogen and oxygen atoms in total. The van der Waals surface area contributed by atoms with Crippen molar-refractivity contribution in [2.75, 3.05) is 26.2 Å². The third-order valence-electron chi connectivity index (χ3n) is 4.75. The zero-order valence-electron chi connectivity index (χ0n) is 13.3. The Morgan fingerprint density at radius 1 is 1.12 bits per heavy atom. The van der Waals surface area contributed by atoms with Crippen molar-refractivity contribution in [2.45, 2.75) is 18.9 Å². The highest BCUT2D eigenvalue weighted by Crippen LogP contribution is 2.20. The molecule has 2 aromatic rings. The van der Waals surface area contributed by atoms with Crippen LogP contribution in [0.1, 0.15) is 23.3 Å². The molecule has 0 saturated carbocycles. The molecule has 1 aromatic carbocycles. The second-order valence-electron chi connectivity index (χ2n) is 6.19. The van der Waals surface area contributed by atoms with Crippen LogP contribution in [0.5, 0.6) is 0 Å². The Labute approximate surface area is 139 Å². The van der Waals surface area contributed by atoms with E-state index < -0.39 is 0 Å². The van der Waals surface area contributed by atoms with Gasteiger partial charge in [-0.15, -0.1) is 0 Å². The van der Waals surface area contributed by atoms with Crippen molar-refractivity contribution in [3.8, 4) is 0 Å². The minimum atomic E-state index is -0.0856.